The van der Waals surface area contributed by atoms with Crippen LogP contribution in [-0.2, 0) is 4.79 Å². The van der Waals surface area contributed by atoms with Gasteiger partial charge < -0.3 is 0 Å². The first kappa shape index (κ1) is 14.2. The van der Waals surface area contributed by atoms with E-state index in [0.29, 0.717) is 0 Å². The molecule has 0 bridgehead atoms. The molecule has 1 aliphatic rings. The molecule has 2 N–H and O–H groups in total. The number of rotatable bonds is 5. The number of carbonyl (C=O) groups is 1. The van der Waals surface area contributed by atoms with Gasteiger partial charge in [0.05, 0.1) is 5.92 Å². The van der Waals surface area contributed by atoms with Gasteiger partial charge in [-0.25, -0.2) is 5.48 Å². The predicted octanol–water partition coefficient (Wildman–Crippen LogP) is 3.29. The molecule has 1 aliphatic carbocycles. The van der Waals surface area contributed by atoms with Crippen molar-refractivity contribution in [1.82, 2.24) is 5.48 Å². The summed E-state index contributed by atoms with van der Waals surface area (Å²) in [4.78, 5) is 11.5. The summed E-state index contributed by atoms with van der Waals surface area (Å²) in [6.07, 6.45) is 7.52. The lowest BCUT2D eigenvalue weighted by Gasteiger charge is -2.26. The van der Waals surface area contributed by atoms with Crippen molar-refractivity contribution in [3.05, 3.63) is 11.6 Å². The Bertz CT molecular complexity index is 284. The molecular weight excluding hydrogens is 214 g/mol. The fourth-order valence-electron chi connectivity index (χ4n) is 2.80. The van der Waals surface area contributed by atoms with Crippen LogP contribution in [0.25, 0.3) is 0 Å². The highest BCUT2D eigenvalue weighted by molar-refractivity contribution is 5.80. The Morgan fingerprint density at radius 3 is 2.71 bits per heavy atom. The van der Waals surface area contributed by atoms with Crippen LogP contribution < -0.4 is 5.48 Å². The van der Waals surface area contributed by atoms with Crippen LogP contribution in [0.15, 0.2) is 11.6 Å². The van der Waals surface area contributed by atoms with Gasteiger partial charge in [0.25, 0.3) is 5.91 Å². The Hall–Kier alpha value is -0.830. The van der Waals surface area contributed by atoms with Gasteiger partial charge >= 0.3 is 0 Å². The van der Waals surface area contributed by atoms with E-state index in [0.717, 1.165) is 31.1 Å². The molecule has 3 nitrogen and oxygen atoms in total. The summed E-state index contributed by atoms with van der Waals surface area (Å²) < 4.78 is 0. The second-order valence-electron chi connectivity index (χ2n) is 5.49. The highest BCUT2D eigenvalue weighted by atomic mass is 16.5. The van der Waals surface area contributed by atoms with Crippen LogP contribution in [0.2, 0.25) is 0 Å². The lowest BCUT2D eigenvalue weighted by molar-refractivity contribution is -0.132. The summed E-state index contributed by atoms with van der Waals surface area (Å²) in [6.45, 7) is 6.50. The number of allylic oxidation sites excluding steroid dienone is 1. The van der Waals surface area contributed by atoms with Gasteiger partial charge in [0, 0.05) is 0 Å². The first-order valence-corrected chi connectivity index (χ1v) is 6.71. The summed E-state index contributed by atoms with van der Waals surface area (Å²) in [7, 11) is 0. The van der Waals surface area contributed by atoms with Crippen molar-refractivity contribution in [3.8, 4) is 0 Å². The molecule has 98 valence electrons. The molecule has 0 radical (unpaired) electrons. The Labute approximate surface area is 104 Å². The van der Waals surface area contributed by atoms with Crippen LogP contribution in [0.3, 0.4) is 0 Å². The van der Waals surface area contributed by atoms with Crippen LogP contribution in [0.4, 0.5) is 0 Å². The maximum Gasteiger partial charge on any atom is 0.250 e. The Kier molecular flexibility index (Phi) is 5.69. The van der Waals surface area contributed by atoms with Crippen LogP contribution in [-0.4, -0.2) is 11.1 Å². The van der Waals surface area contributed by atoms with E-state index in [1.165, 1.54) is 18.4 Å². The number of carbonyl (C=O) groups excluding carboxylic acids is 1. The second-order valence-corrected chi connectivity index (χ2v) is 5.49. The SMILES string of the molecule is CC[C@@H](C(=O)NO)C1=CC[C@@H](CC(C)C)CC1. The van der Waals surface area contributed by atoms with Crippen LogP contribution in [0.5, 0.6) is 0 Å². The quantitative estimate of drug-likeness (QED) is 0.439. The smallest absolute Gasteiger partial charge is 0.250 e. The van der Waals surface area contributed by atoms with Gasteiger partial charge in [-0.1, -0.05) is 32.4 Å². The molecule has 2 atom stereocenters. The van der Waals surface area contributed by atoms with Crippen LogP contribution in [0, 0.1) is 17.8 Å². The van der Waals surface area contributed by atoms with Gasteiger partial charge in [-0.15, -0.1) is 0 Å². The third kappa shape index (κ3) is 4.15. The number of nitrogens with one attached hydrogen (secondary N) is 1. The molecule has 0 aromatic heterocycles. The summed E-state index contributed by atoms with van der Waals surface area (Å²) in [5.74, 6) is 1.12. The fraction of sp³-hybridized carbons (Fsp3) is 0.786. The topological polar surface area (TPSA) is 49.3 Å². The molecule has 17 heavy (non-hydrogen) atoms. The molecule has 0 saturated heterocycles. The molecule has 3 heteroatoms. The van der Waals surface area contributed by atoms with E-state index < -0.39 is 0 Å². The van der Waals surface area contributed by atoms with E-state index >= 15 is 0 Å². The number of hydrogen-bond donors (Lipinski definition) is 2. The minimum atomic E-state index is -0.263. The third-order valence-electron chi connectivity index (χ3n) is 3.64. The minimum absolute atomic E-state index is 0.139. The van der Waals surface area contributed by atoms with Gasteiger partial charge in [-0.2, -0.15) is 0 Å². The molecule has 0 aromatic carbocycles. The standard InChI is InChI=1S/C14H25NO2/c1-4-13(14(16)15-17)12-7-5-11(6-8-12)9-10(2)3/h7,10-11,13,17H,4-6,8-9H2,1-3H3,(H,15,16)/t11-,13-/m1/s1. The lowest BCUT2D eigenvalue weighted by atomic mass is 9.80. The molecule has 1 rings (SSSR count). The first-order valence-electron chi connectivity index (χ1n) is 6.71. The van der Waals surface area contributed by atoms with E-state index in [2.05, 4.69) is 19.9 Å². The van der Waals surface area contributed by atoms with Gasteiger partial charge in [-0.3, -0.25) is 10.0 Å². The molecule has 0 spiro atoms. The normalized spacial score (nSPS) is 22.2. The average molecular weight is 239 g/mol. The third-order valence-corrected chi connectivity index (χ3v) is 3.64. The van der Waals surface area contributed by atoms with Gasteiger partial charge in [0.15, 0.2) is 0 Å². The Morgan fingerprint density at radius 2 is 2.29 bits per heavy atom. The van der Waals surface area contributed by atoms with E-state index in [1.807, 2.05) is 6.92 Å². The molecular formula is C14H25NO2. The van der Waals surface area contributed by atoms with Crippen LogP contribution >= 0.6 is 0 Å². The Balaban J connectivity index is 2.57. The predicted molar refractivity (Wildman–Crippen MR) is 68.6 cm³/mol. The summed E-state index contributed by atoms with van der Waals surface area (Å²) >= 11 is 0. The van der Waals surface area contributed by atoms with Crippen molar-refractivity contribution in [1.29, 1.82) is 0 Å². The van der Waals surface area contributed by atoms with Gasteiger partial charge in [-0.05, 0) is 43.9 Å². The minimum Gasteiger partial charge on any atom is -0.289 e. The van der Waals surface area contributed by atoms with Crippen LogP contribution in [0.1, 0.15) is 52.9 Å². The van der Waals surface area contributed by atoms with Crippen molar-refractivity contribution in [2.45, 2.75) is 52.9 Å². The van der Waals surface area contributed by atoms with Crippen molar-refractivity contribution < 1.29 is 10.0 Å². The van der Waals surface area contributed by atoms with Crippen molar-refractivity contribution >= 4 is 5.91 Å². The first-order chi connectivity index (χ1) is 8.08. The Morgan fingerprint density at radius 1 is 1.59 bits per heavy atom. The lowest BCUT2D eigenvalue weighted by Crippen LogP contribution is -2.29. The van der Waals surface area contributed by atoms with E-state index in [1.54, 1.807) is 5.48 Å². The molecule has 0 aromatic rings. The van der Waals surface area contributed by atoms with Gasteiger partial charge in [0.1, 0.15) is 0 Å². The maximum atomic E-state index is 11.5. The molecule has 1 amide bonds. The zero-order valence-corrected chi connectivity index (χ0v) is 11.2. The highest BCUT2D eigenvalue weighted by Gasteiger charge is 2.24. The summed E-state index contributed by atoms with van der Waals surface area (Å²) in [6, 6.07) is 0. The molecule has 0 saturated carbocycles. The van der Waals surface area contributed by atoms with E-state index in [9.17, 15) is 4.79 Å². The maximum absolute atomic E-state index is 11.5. The van der Waals surface area contributed by atoms with E-state index in [4.69, 9.17) is 5.21 Å². The van der Waals surface area contributed by atoms with E-state index in [-0.39, 0.29) is 11.8 Å². The molecule has 0 fully saturated rings. The van der Waals surface area contributed by atoms with Gasteiger partial charge in [0.2, 0.25) is 0 Å². The molecule has 0 unspecified atom stereocenters. The number of hydroxylamine groups is 1. The monoisotopic (exact) mass is 239 g/mol. The molecule has 0 aliphatic heterocycles. The zero-order valence-electron chi connectivity index (χ0n) is 11.2. The molecule has 0 heterocycles. The largest absolute Gasteiger partial charge is 0.289 e. The zero-order chi connectivity index (χ0) is 12.8. The number of amides is 1. The summed E-state index contributed by atoms with van der Waals surface area (Å²) in [5.41, 5.74) is 2.98. The van der Waals surface area contributed by atoms with Crippen molar-refractivity contribution in [2.24, 2.45) is 17.8 Å². The number of hydrogen-bond acceptors (Lipinski definition) is 2. The fourth-order valence-corrected chi connectivity index (χ4v) is 2.80. The average Bonchev–Trinajstić information content (AvgIpc) is 2.31. The highest BCUT2D eigenvalue weighted by Crippen LogP contribution is 2.32. The van der Waals surface area contributed by atoms with Crippen molar-refractivity contribution in [3.63, 3.8) is 0 Å². The van der Waals surface area contributed by atoms with Crippen molar-refractivity contribution in [2.75, 3.05) is 0 Å². The second kappa shape index (κ2) is 6.80. The summed E-state index contributed by atoms with van der Waals surface area (Å²) in [5, 5.41) is 8.71.